The van der Waals surface area contributed by atoms with Gasteiger partial charge in [0.1, 0.15) is 0 Å². The van der Waals surface area contributed by atoms with E-state index in [1.165, 1.54) is 19.3 Å². The van der Waals surface area contributed by atoms with Crippen molar-refractivity contribution >= 4 is 17.2 Å². The number of hydrogen-bond acceptors (Lipinski definition) is 2. The molecule has 1 rings (SSSR count). The Morgan fingerprint density at radius 1 is 1.40 bits per heavy atom. The molecule has 3 heteroatoms. The van der Waals surface area contributed by atoms with Crippen LogP contribution < -0.4 is 5.73 Å². The highest BCUT2D eigenvalue weighted by Gasteiger charge is 2.21. The lowest BCUT2D eigenvalue weighted by Crippen LogP contribution is -2.29. The second-order valence-electron chi connectivity index (χ2n) is 5.20. The molecule has 1 aliphatic rings. The average molecular weight is 229 g/mol. The quantitative estimate of drug-likeness (QED) is 0.513. The summed E-state index contributed by atoms with van der Waals surface area (Å²) in [4.78, 5) is 0.612. The highest BCUT2D eigenvalue weighted by Crippen LogP contribution is 2.32. The number of nitrogens with two attached hydrogens (primary N) is 1. The van der Waals surface area contributed by atoms with E-state index in [2.05, 4.69) is 13.8 Å². The van der Waals surface area contributed by atoms with E-state index in [0.29, 0.717) is 4.99 Å². The van der Waals surface area contributed by atoms with Gasteiger partial charge in [0, 0.05) is 18.6 Å². The van der Waals surface area contributed by atoms with Crippen LogP contribution in [0.4, 0.5) is 0 Å². The molecule has 0 aromatic rings. The van der Waals surface area contributed by atoms with E-state index in [1.807, 2.05) is 0 Å². The van der Waals surface area contributed by atoms with Gasteiger partial charge in [-0.15, -0.1) is 0 Å². The first kappa shape index (κ1) is 12.9. The Morgan fingerprint density at radius 2 is 2.07 bits per heavy atom. The van der Waals surface area contributed by atoms with Gasteiger partial charge in [0.2, 0.25) is 0 Å². The molecule has 15 heavy (non-hydrogen) atoms. The van der Waals surface area contributed by atoms with Crippen molar-refractivity contribution in [3.63, 3.8) is 0 Å². The van der Waals surface area contributed by atoms with E-state index in [0.717, 1.165) is 32.0 Å². The van der Waals surface area contributed by atoms with Gasteiger partial charge in [0.25, 0.3) is 0 Å². The summed E-state index contributed by atoms with van der Waals surface area (Å²) < 4.78 is 5.58. The normalized spacial score (nSPS) is 16.7. The highest BCUT2D eigenvalue weighted by molar-refractivity contribution is 7.80. The van der Waals surface area contributed by atoms with E-state index < -0.39 is 0 Å². The molecule has 0 aromatic heterocycles. The molecule has 0 atom stereocenters. The molecule has 0 radical (unpaired) electrons. The zero-order valence-corrected chi connectivity index (χ0v) is 10.7. The van der Waals surface area contributed by atoms with E-state index >= 15 is 0 Å². The van der Waals surface area contributed by atoms with Gasteiger partial charge in [-0.1, -0.05) is 38.9 Å². The monoisotopic (exact) mass is 229 g/mol. The molecule has 0 heterocycles. The van der Waals surface area contributed by atoms with Crippen molar-refractivity contribution in [1.29, 1.82) is 0 Å². The summed E-state index contributed by atoms with van der Waals surface area (Å²) >= 11 is 5.01. The molecule has 0 spiro atoms. The van der Waals surface area contributed by atoms with Gasteiger partial charge >= 0.3 is 0 Å². The number of thiocarbonyl (C=S) groups is 1. The van der Waals surface area contributed by atoms with Gasteiger partial charge in [0.05, 0.1) is 4.99 Å². The summed E-state index contributed by atoms with van der Waals surface area (Å²) in [5.74, 6) is 0.970. The maximum absolute atomic E-state index is 5.65. The lowest BCUT2D eigenvalue weighted by Gasteiger charge is -2.22. The van der Waals surface area contributed by atoms with E-state index in [4.69, 9.17) is 22.7 Å². The second-order valence-corrected chi connectivity index (χ2v) is 5.64. The van der Waals surface area contributed by atoms with Gasteiger partial charge in [0.15, 0.2) is 0 Å². The smallest absolute Gasteiger partial charge is 0.0784 e. The molecular weight excluding hydrogens is 206 g/mol. The van der Waals surface area contributed by atoms with Crippen LogP contribution in [0.3, 0.4) is 0 Å². The molecule has 1 aliphatic carbocycles. The molecule has 0 amide bonds. The third kappa shape index (κ3) is 5.47. The average Bonchev–Trinajstić information content (AvgIpc) is 2.94. The lowest BCUT2D eigenvalue weighted by molar-refractivity contribution is 0.120. The summed E-state index contributed by atoms with van der Waals surface area (Å²) in [6, 6.07) is 0. The molecule has 0 unspecified atom stereocenters. The fraction of sp³-hybridized carbons (Fsp3) is 0.917. The third-order valence-corrected chi connectivity index (χ3v) is 3.68. The second kappa shape index (κ2) is 5.80. The first-order chi connectivity index (χ1) is 7.02. The third-order valence-electron chi connectivity index (χ3n) is 3.12. The summed E-state index contributed by atoms with van der Waals surface area (Å²) in [5, 5.41) is 0. The minimum Gasteiger partial charge on any atom is -0.393 e. The van der Waals surface area contributed by atoms with Crippen LogP contribution in [0, 0.1) is 11.3 Å². The van der Waals surface area contributed by atoms with Crippen molar-refractivity contribution in [3.05, 3.63) is 0 Å². The SMILES string of the molecule is CC(C)(CCCOCCC1CC1)C(N)=S. The molecule has 0 saturated heterocycles. The van der Waals surface area contributed by atoms with E-state index in [-0.39, 0.29) is 5.41 Å². The van der Waals surface area contributed by atoms with Crippen LogP contribution in [0.2, 0.25) is 0 Å². The van der Waals surface area contributed by atoms with Gasteiger partial charge in [-0.05, 0) is 25.2 Å². The predicted octanol–water partition coefficient (Wildman–Crippen LogP) is 2.90. The summed E-state index contributed by atoms with van der Waals surface area (Å²) in [6.07, 6.45) is 6.15. The first-order valence-corrected chi connectivity index (χ1v) is 6.31. The van der Waals surface area contributed by atoms with E-state index in [1.54, 1.807) is 0 Å². The van der Waals surface area contributed by atoms with E-state index in [9.17, 15) is 0 Å². The maximum atomic E-state index is 5.65. The van der Waals surface area contributed by atoms with Crippen molar-refractivity contribution in [1.82, 2.24) is 0 Å². The maximum Gasteiger partial charge on any atom is 0.0784 e. The minimum absolute atomic E-state index is 0.0187. The van der Waals surface area contributed by atoms with Crippen LogP contribution in [0.5, 0.6) is 0 Å². The van der Waals surface area contributed by atoms with Gasteiger partial charge in [-0.2, -0.15) is 0 Å². The van der Waals surface area contributed by atoms with Crippen LogP contribution in [0.25, 0.3) is 0 Å². The van der Waals surface area contributed by atoms with Crippen molar-refractivity contribution in [2.45, 2.75) is 46.0 Å². The molecule has 2 nitrogen and oxygen atoms in total. The summed E-state index contributed by atoms with van der Waals surface area (Å²) in [6.45, 7) is 5.97. The molecule has 2 N–H and O–H groups in total. The largest absolute Gasteiger partial charge is 0.393 e. The molecular formula is C12H23NOS. The first-order valence-electron chi connectivity index (χ1n) is 5.90. The lowest BCUT2D eigenvalue weighted by atomic mass is 9.88. The topological polar surface area (TPSA) is 35.2 Å². The molecule has 0 bridgehead atoms. The van der Waals surface area contributed by atoms with Crippen LogP contribution in [-0.2, 0) is 4.74 Å². The molecule has 1 saturated carbocycles. The van der Waals surface area contributed by atoms with Gasteiger partial charge in [-0.3, -0.25) is 0 Å². The standard InChI is InChI=1S/C12H23NOS/c1-12(2,11(13)15)7-3-8-14-9-6-10-4-5-10/h10H,3-9H2,1-2H3,(H2,13,15). The van der Waals surface area contributed by atoms with Crippen LogP contribution in [0.15, 0.2) is 0 Å². The Hall–Kier alpha value is -0.150. The Balaban J connectivity index is 1.93. The fourth-order valence-electron chi connectivity index (χ4n) is 1.50. The van der Waals surface area contributed by atoms with Gasteiger partial charge in [-0.25, -0.2) is 0 Å². The summed E-state index contributed by atoms with van der Waals surface area (Å²) in [7, 11) is 0. The minimum atomic E-state index is -0.0187. The molecule has 0 aliphatic heterocycles. The van der Waals surface area contributed by atoms with Crippen LogP contribution in [-0.4, -0.2) is 18.2 Å². The zero-order chi connectivity index (χ0) is 11.3. The molecule has 0 aromatic carbocycles. The predicted molar refractivity (Wildman–Crippen MR) is 68.0 cm³/mol. The van der Waals surface area contributed by atoms with Gasteiger partial charge < -0.3 is 10.5 Å². The Kier molecular flexibility index (Phi) is 5.00. The summed E-state index contributed by atoms with van der Waals surface area (Å²) in [5.41, 5.74) is 5.63. The Morgan fingerprint density at radius 3 is 2.60 bits per heavy atom. The fourth-order valence-corrected chi connectivity index (χ4v) is 1.60. The van der Waals surface area contributed by atoms with Crippen molar-refractivity contribution < 1.29 is 4.74 Å². The Labute approximate surface area is 98.6 Å². The molecule has 88 valence electrons. The number of rotatable bonds is 8. The zero-order valence-electron chi connectivity index (χ0n) is 9.92. The van der Waals surface area contributed by atoms with Crippen LogP contribution in [0.1, 0.15) is 46.0 Å². The van der Waals surface area contributed by atoms with Crippen molar-refractivity contribution in [2.75, 3.05) is 13.2 Å². The van der Waals surface area contributed by atoms with Crippen molar-refractivity contribution in [3.8, 4) is 0 Å². The number of hydrogen-bond donors (Lipinski definition) is 1. The van der Waals surface area contributed by atoms with Crippen molar-refractivity contribution in [2.24, 2.45) is 17.1 Å². The number of ether oxygens (including phenoxy) is 1. The van der Waals surface area contributed by atoms with Crippen LogP contribution >= 0.6 is 12.2 Å². The Bertz CT molecular complexity index is 212. The highest BCUT2D eigenvalue weighted by atomic mass is 32.1. The molecule has 1 fully saturated rings.